The normalized spacial score (nSPS) is 17.1. The van der Waals surface area contributed by atoms with Gasteiger partial charge in [-0.1, -0.05) is 42.5 Å². The van der Waals surface area contributed by atoms with E-state index in [1.165, 1.54) is 17.7 Å². The summed E-state index contributed by atoms with van der Waals surface area (Å²) >= 11 is 0. The lowest BCUT2D eigenvalue weighted by Crippen LogP contribution is -2.33. The van der Waals surface area contributed by atoms with Crippen LogP contribution in [0.25, 0.3) is 0 Å². The maximum atomic E-state index is 12.6. The first-order chi connectivity index (χ1) is 11.5. The van der Waals surface area contributed by atoms with Crippen LogP contribution >= 0.6 is 0 Å². The Morgan fingerprint density at radius 3 is 2.04 bits per heavy atom. The smallest absolute Gasteiger partial charge is 0.299 e. The van der Waals surface area contributed by atoms with E-state index in [9.17, 15) is 13.2 Å². The Labute approximate surface area is 141 Å². The molecule has 0 aromatic heterocycles. The third kappa shape index (κ3) is 4.60. The fourth-order valence-corrected chi connectivity index (χ4v) is 3.35. The first kappa shape index (κ1) is 17.0. The Morgan fingerprint density at radius 2 is 1.46 bits per heavy atom. The van der Waals surface area contributed by atoms with Crippen molar-refractivity contribution >= 4 is 0 Å². The Morgan fingerprint density at radius 1 is 0.833 bits per heavy atom. The van der Waals surface area contributed by atoms with Crippen LogP contribution in [-0.4, -0.2) is 18.0 Å². The molecule has 0 saturated carbocycles. The van der Waals surface area contributed by atoms with E-state index in [0.29, 0.717) is 5.92 Å². The molecule has 1 nitrogen and oxygen atoms in total. The molecule has 1 aliphatic rings. The van der Waals surface area contributed by atoms with Crippen LogP contribution in [-0.2, 0) is 19.1 Å². The van der Waals surface area contributed by atoms with Gasteiger partial charge >= 0.3 is 6.18 Å². The topological polar surface area (TPSA) is 3.24 Å². The molecular formula is C20H22F3N. The Bertz CT molecular complexity index is 626. The standard InChI is InChI=1S/C20H22F3N/c21-20(22,23)19-8-6-18(7-9-19)15-24-12-10-17(11-13-24)14-16-4-2-1-3-5-16/h1-9,17H,10-15H2. The fourth-order valence-electron chi connectivity index (χ4n) is 3.35. The third-order valence-electron chi connectivity index (χ3n) is 4.76. The van der Waals surface area contributed by atoms with E-state index >= 15 is 0 Å². The van der Waals surface area contributed by atoms with Crippen LogP contribution < -0.4 is 0 Å². The van der Waals surface area contributed by atoms with E-state index in [-0.39, 0.29) is 0 Å². The highest BCUT2D eigenvalue weighted by Gasteiger charge is 2.30. The second kappa shape index (κ2) is 7.39. The minimum Gasteiger partial charge on any atom is -0.299 e. The summed E-state index contributed by atoms with van der Waals surface area (Å²) in [6.07, 6.45) is -0.839. The highest BCUT2D eigenvalue weighted by molar-refractivity contribution is 5.24. The van der Waals surface area contributed by atoms with Crippen LogP contribution in [0.4, 0.5) is 13.2 Å². The van der Waals surface area contributed by atoms with Gasteiger partial charge in [0, 0.05) is 6.54 Å². The summed E-state index contributed by atoms with van der Waals surface area (Å²) < 4.78 is 37.8. The van der Waals surface area contributed by atoms with Gasteiger partial charge in [0.05, 0.1) is 5.56 Å². The molecule has 0 atom stereocenters. The van der Waals surface area contributed by atoms with Crippen molar-refractivity contribution in [3.8, 4) is 0 Å². The van der Waals surface area contributed by atoms with E-state index < -0.39 is 11.7 Å². The number of hydrogen-bond donors (Lipinski definition) is 0. The van der Waals surface area contributed by atoms with Crippen molar-refractivity contribution in [3.05, 3.63) is 71.3 Å². The zero-order chi connectivity index (χ0) is 17.0. The molecule has 0 bridgehead atoms. The van der Waals surface area contributed by atoms with Crippen molar-refractivity contribution in [3.63, 3.8) is 0 Å². The summed E-state index contributed by atoms with van der Waals surface area (Å²) in [6.45, 7) is 2.76. The van der Waals surface area contributed by atoms with Crippen LogP contribution in [0.5, 0.6) is 0 Å². The van der Waals surface area contributed by atoms with Gasteiger partial charge in [-0.2, -0.15) is 13.2 Å². The number of likely N-dealkylation sites (tertiary alicyclic amines) is 1. The van der Waals surface area contributed by atoms with Gasteiger partial charge in [0.1, 0.15) is 0 Å². The zero-order valence-electron chi connectivity index (χ0n) is 13.6. The van der Waals surface area contributed by atoms with Crippen LogP contribution in [0, 0.1) is 5.92 Å². The molecule has 1 heterocycles. The lowest BCUT2D eigenvalue weighted by Gasteiger charge is -2.32. The van der Waals surface area contributed by atoms with Gasteiger partial charge < -0.3 is 0 Å². The third-order valence-corrected chi connectivity index (χ3v) is 4.76. The molecule has 0 unspecified atom stereocenters. The van der Waals surface area contributed by atoms with E-state index in [0.717, 1.165) is 44.5 Å². The summed E-state index contributed by atoms with van der Waals surface area (Å²) in [6, 6.07) is 16.1. The summed E-state index contributed by atoms with van der Waals surface area (Å²) in [5.41, 5.74) is 1.76. The van der Waals surface area contributed by atoms with Crippen LogP contribution in [0.2, 0.25) is 0 Å². The molecule has 2 aromatic carbocycles. The molecule has 1 saturated heterocycles. The van der Waals surface area contributed by atoms with Crippen LogP contribution in [0.3, 0.4) is 0 Å². The predicted molar refractivity (Wildman–Crippen MR) is 89.6 cm³/mol. The number of hydrogen-bond acceptors (Lipinski definition) is 1. The van der Waals surface area contributed by atoms with Crippen molar-refractivity contribution < 1.29 is 13.2 Å². The molecule has 128 valence electrons. The average molecular weight is 333 g/mol. The number of rotatable bonds is 4. The number of halogens is 3. The number of alkyl halides is 3. The summed E-state index contributed by atoms with van der Waals surface area (Å²) in [5, 5.41) is 0. The lowest BCUT2D eigenvalue weighted by molar-refractivity contribution is -0.137. The van der Waals surface area contributed by atoms with Gasteiger partial charge in [0.25, 0.3) is 0 Å². The van der Waals surface area contributed by atoms with Gasteiger partial charge in [-0.05, 0) is 61.5 Å². The van der Waals surface area contributed by atoms with E-state index in [1.807, 2.05) is 6.07 Å². The second-order valence-corrected chi connectivity index (χ2v) is 6.60. The van der Waals surface area contributed by atoms with E-state index in [2.05, 4.69) is 29.2 Å². The number of nitrogens with zero attached hydrogens (tertiary/aromatic N) is 1. The average Bonchev–Trinajstić information content (AvgIpc) is 2.57. The molecule has 4 heteroatoms. The molecule has 0 N–H and O–H groups in total. The summed E-state index contributed by atoms with van der Waals surface area (Å²) in [5.74, 6) is 0.705. The van der Waals surface area contributed by atoms with Crippen molar-refractivity contribution in [1.29, 1.82) is 0 Å². The molecule has 2 aromatic rings. The van der Waals surface area contributed by atoms with Gasteiger partial charge in [-0.3, -0.25) is 4.90 Å². The molecule has 1 fully saturated rings. The number of piperidine rings is 1. The quantitative estimate of drug-likeness (QED) is 0.747. The Hall–Kier alpha value is -1.81. The SMILES string of the molecule is FC(F)(F)c1ccc(CN2CCC(Cc3ccccc3)CC2)cc1. The van der Waals surface area contributed by atoms with Gasteiger partial charge in [0.2, 0.25) is 0 Å². The molecule has 1 aliphatic heterocycles. The second-order valence-electron chi connectivity index (χ2n) is 6.60. The first-order valence-electron chi connectivity index (χ1n) is 8.43. The monoisotopic (exact) mass is 333 g/mol. The summed E-state index contributed by atoms with van der Waals surface area (Å²) in [4.78, 5) is 2.34. The van der Waals surface area contributed by atoms with Gasteiger partial charge in [-0.15, -0.1) is 0 Å². The van der Waals surface area contributed by atoms with Gasteiger partial charge in [0.15, 0.2) is 0 Å². The summed E-state index contributed by atoms with van der Waals surface area (Å²) in [7, 11) is 0. The van der Waals surface area contributed by atoms with Crippen LogP contribution in [0.1, 0.15) is 29.5 Å². The van der Waals surface area contributed by atoms with E-state index in [4.69, 9.17) is 0 Å². The van der Waals surface area contributed by atoms with Gasteiger partial charge in [-0.25, -0.2) is 0 Å². The van der Waals surface area contributed by atoms with E-state index in [1.54, 1.807) is 12.1 Å². The van der Waals surface area contributed by atoms with Crippen molar-refractivity contribution in [1.82, 2.24) is 4.90 Å². The highest BCUT2D eigenvalue weighted by atomic mass is 19.4. The zero-order valence-corrected chi connectivity index (χ0v) is 13.6. The molecular weight excluding hydrogens is 311 g/mol. The molecule has 0 radical (unpaired) electrons. The largest absolute Gasteiger partial charge is 0.416 e. The minimum atomic E-state index is -4.26. The highest BCUT2D eigenvalue weighted by Crippen LogP contribution is 2.29. The predicted octanol–water partition coefficient (Wildman–Crippen LogP) is 5.16. The Balaban J connectivity index is 1.48. The molecule has 0 aliphatic carbocycles. The molecule has 24 heavy (non-hydrogen) atoms. The molecule has 0 spiro atoms. The molecule has 0 amide bonds. The van der Waals surface area contributed by atoms with Crippen molar-refractivity contribution in [2.24, 2.45) is 5.92 Å². The maximum absolute atomic E-state index is 12.6. The van der Waals surface area contributed by atoms with Crippen LogP contribution in [0.15, 0.2) is 54.6 Å². The minimum absolute atomic E-state index is 0.576. The lowest BCUT2D eigenvalue weighted by atomic mass is 9.90. The van der Waals surface area contributed by atoms with Crippen molar-refractivity contribution in [2.75, 3.05) is 13.1 Å². The maximum Gasteiger partial charge on any atom is 0.416 e. The molecule has 3 rings (SSSR count). The first-order valence-corrected chi connectivity index (χ1v) is 8.43. The fraction of sp³-hybridized carbons (Fsp3) is 0.400. The van der Waals surface area contributed by atoms with Crippen molar-refractivity contribution in [2.45, 2.75) is 32.0 Å². The Kier molecular flexibility index (Phi) is 5.24. The number of benzene rings is 2.